The Bertz CT molecular complexity index is 981. The number of amides is 1. The molecule has 28 heavy (non-hydrogen) atoms. The first-order valence-corrected chi connectivity index (χ1v) is 9.44. The Labute approximate surface area is 165 Å². The zero-order valence-electron chi connectivity index (χ0n) is 15.6. The summed E-state index contributed by atoms with van der Waals surface area (Å²) in [5, 5.41) is 0. The van der Waals surface area contributed by atoms with Crippen molar-refractivity contribution in [3.05, 3.63) is 120 Å². The molecule has 0 spiro atoms. The maximum absolute atomic E-state index is 13.5. The molecule has 0 radical (unpaired) electrons. The van der Waals surface area contributed by atoms with Crippen LogP contribution < -0.4 is 0 Å². The number of hydrogen-bond donors (Lipinski definition) is 0. The predicted octanol–water partition coefficient (Wildman–Crippen LogP) is 5.02. The van der Waals surface area contributed by atoms with Crippen LogP contribution in [0.15, 0.2) is 109 Å². The van der Waals surface area contributed by atoms with Crippen molar-refractivity contribution < 1.29 is 4.79 Å². The van der Waals surface area contributed by atoms with E-state index >= 15 is 0 Å². The van der Waals surface area contributed by atoms with Crippen molar-refractivity contribution in [2.24, 2.45) is 10.9 Å². The molecule has 1 amide bonds. The molecule has 0 aliphatic carbocycles. The lowest BCUT2D eigenvalue weighted by Gasteiger charge is -2.35. The van der Waals surface area contributed by atoms with E-state index in [2.05, 4.69) is 6.58 Å². The van der Waals surface area contributed by atoms with E-state index in [4.69, 9.17) is 4.99 Å². The summed E-state index contributed by atoms with van der Waals surface area (Å²) in [4.78, 5) is 20.3. The number of rotatable bonds is 5. The molecule has 0 saturated heterocycles. The zero-order valence-corrected chi connectivity index (χ0v) is 15.6. The third-order valence-electron chi connectivity index (χ3n) is 5.02. The Morgan fingerprint density at radius 3 is 2.04 bits per heavy atom. The fourth-order valence-electron chi connectivity index (χ4n) is 3.60. The van der Waals surface area contributed by atoms with E-state index in [-0.39, 0.29) is 11.9 Å². The van der Waals surface area contributed by atoms with Crippen LogP contribution in [0.25, 0.3) is 0 Å². The Morgan fingerprint density at radius 2 is 1.43 bits per heavy atom. The normalized spacial score (nSPS) is 19.2. The van der Waals surface area contributed by atoms with Crippen molar-refractivity contribution in [1.82, 2.24) is 4.90 Å². The van der Waals surface area contributed by atoms with Gasteiger partial charge in [0.15, 0.2) is 0 Å². The van der Waals surface area contributed by atoms with Crippen molar-refractivity contribution >= 4 is 11.7 Å². The molecule has 0 aromatic heterocycles. The van der Waals surface area contributed by atoms with E-state index in [9.17, 15) is 4.79 Å². The highest BCUT2D eigenvalue weighted by Gasteiger charge is 2.37. The van der Waals surface area contributed by atoms with Gasteiger partial charge in [0.1, 0.15) is 5.84 Å². The molecule has 0 saturated carbocycles. The largest absolute Gasteiger partial charge is 0.292 e. The van der Waals surface area contributed by atoms with E-state index in [1.165, 1.54) is 0 Å². The van der Waals surface area contributed by atoms with Crippen molar-refractivity contribution in [3.8, 4) is 0 Å². The second kappa shape index (κ2) is 8.05. The summed E-state index contributed by atoms with van der Waals surface area (Å²) in [6.45, 7) is 4.42. The third-order valence-corrected chi connectivity index (χ3v) is 5.02. The van der Waals surface area contributed by atoms with Crippen LogP contribution in [0, 0.1) is 5.92 Å². The van der Waals surface area contributed by atoms with Gasteiger partial charge in [0.2, 0.25) is 5.91 Å². The number of aliphatic imine (C=N–C) groups is 1. The molecule has 3 heteroatoms. The second-order valence-electron chi connectivity index (χ2n) is 6.85. The van der Waals surface area contributed by atoms with Crippen LogP contribution in [0.2, 0.25) is 0 Å². The average molecular weight is 366 g/mol. The third kappa shape index (κ3) is 3.52. The lowest BCUT2D eigenvalue weighted by atomic mass is 9.89. The summed E-state index contributed by atoms with van der Waals surface area (Å²) in [5.41, 5.74) is 3.03. The van der Waals surface area contributed by atoms with Gasteiger partial charge in [-0.1, -0.05) is 97.1 Å². The number of hydrogen-bond acceptors (Lipinski definition) is 2. The first kappa shape index (κ1) is 17.9. The zero-order chi connectivity index (χ0) is 19.3. The van der Waals surface area contributed by atoms with Gasteiger partial charge >= 0.3 is 0 Å². The summed E-state index contributed by atoms with van der Waals surface area (Å²) < 4.78 is 0. The van der Waals surface area contributed by atoms with E-state index < -0.39 is 5.92 Å². The Balaban J connectivity index is 1.82. The maximum Gasteiger partial charge on any atom is 0.237 e. The standard InChI is InChI=1S/C25H22N2O/c1-2-22-23(20-14-8-4-9-15-20)26-24(21-16-10-5-11-17-21)27(25(22)28)18-19-12-6-3-7-13-19/h2-17,22-23H,1,18H2/t22-,23-/m1/s1. The Hall–Kier alpha value is -3.46. The van der Waals surface area contributed by atoms with Crippen LogP contribution >= 0.6 is 0 Å². The molecular formula is C25H22N2O. The van der Waals surface area contributed by atoms with Crippen LogP contribution in [0.5, 0.6) is 0 Å². The lowest BCUT2D eigenvalue weighted by molar-refractivity contribution is -0.131. The summed E-state index contributed by atoms with van der Waals surface area (Å²) >= 11 is 0. The van der Waals surface area contributed by atoms with Crippen molar-refractivity contribution in [2.75, 3.05) is 0 Å². The maximum atomic E-state index is 13.5. The monoisotopic (exact) mass is 366 g/mol. The minimum absolute atomic E-state index is 0.0292. The van der Waals surface area contributed by atoms with E-state index in [1.54, 1.807) is 11.0 Å². The highest BCUT2D eigenvalue weighted by molar-refractivity contribution is 6.10. The highest BCUT2D eigenvalue weighted by atomic mass is 16.2. The van der Waals surface area contributed by atoms with Crippen LogP contribution in [0.4, 0.5) is 0 Å². The molecule has 2 atom stereocenters. The smallest absolute Gasteiger partial charge is 0.237 e. The Morgan fingerprint density at radius 1 is 0.857 bits per heavy atom. The molecule has 0 N–H and O–H groups in total. The summed E-state index contributed by atoms with van der Waals surface area (Å²) in [5.74, 6) is 0.349. The second-order valence-corrected chi connectivity index (χ2v) is 6.85. The van der Waals surface area contributed by atoms with E-state index in [0.717, 1.165) is 16.7 Å². The molecule has 0 unspecified atom stereocenters. The fourth-order valence-corrected chi connectivity index (χ4v) is 3.60. The number of carbonyl (C=O) groups is 1. The van der Waals surface area contributed by atoms with Crippen LogP contribution in [0.3, 0.4) is 0 Å². The molecule has 4 rings (SSSR count). The minimum atomic E-state index is -0.390. The topological polar surface area (TPSA) is 32.7 Å². The molecule has 3 nitrogen and oxygen atoms in total. The Kier molecular flexibility index (Phi) is 5.16. The van der Waals surface area contributed by atoms with Crippen LogP contribution in [-0.2, 0) is 11.3 Å². The SMILES string of the molecule is C=C[C@H]1C(=O)N(Cc2ccccc2)C(c2ccccc2)=N[C@@H]1c1ccccc1. The molecule has 3 aromatic carbocycles. The molecule has 0 fully saturated rings. The summed E-state index contributed by atoms with van der Waals surface area (Å²) in [6, 6.07) is 29.6. The van der Waals surface area contributed by atoms with Gasteiger partial charge < -0.3 is 0 Å². The average Bonchev–Trinajstić information content (AvgIpc) is 2.77. The van der Waals surface area contributed by atoms with E-state index in [0.29, 0.717) is 12.4 Å². The molecule has 1 aliphatic heterocycles. The van der Waals surface area contributed by atoms with Gasteiger partial charge in [-0.25, -0.2) is 0 Å². The molecule has 1 heterocycles. The van der Waals surface area contributed by atoms with Crippen LogP contribution in [-0.4, -0.2) is 16.6 Å². The molecule has 1 aliphatic rings. The van der Waals surface area contributed by atoms with Gasteiger partial charge in [-0.2, -0.15) is 0 Å². The molecule has 0 bridgehead atoms. The molecule has 138 valence electrons. The van der Waals surface area contributed by atoms with Crippen molar-refractivity contribution in [1.29, 1.82) is 0 Å². The summed E-state index contributed by atoms with van der Waals surface area (Å²) in [6.07, 6.45) is 1.73. The van der Waals surface area contributed by atoms with Gasteiger partial charge in [-0.15, -0.1) is 6.58 Å². The first-order valence-electron chi connectivity index (χ1n) is 9.44. The summed E-state index contributed by atoms with van der Waals surface area (Å²) in [7, 11) is 0. The number of amidine groups is 1. The van der Waals surface area contributed by atoms with Crippen LogP contribution in [0.1, 0.15) is 22.7 Å². The highest BCUT2D eigenvalue weighted by Crippen LogP contribution is 2.34. The van der Waals surface area contributed by atoms with Crippen molar-refractivity contribution in [3.63, 3.8) is 0 Å². The number of carbonyl (C=O) groups excluding carboxylic acids is 1. The first-order chi connectivity index (χ1) is 13.8. The fraction of sp³-hybridized carbons (Fsp3) is 0.120. The van der Waals surface area contributed by atoms with Gasteiger partial charge in [-0.05, 0) is 11.1 Å². The van der Waals surface area contributed by atoms with Crippen molar-refractivity contribution in [2.45, 2.75) is 12.6 Å². The van der Waals surface area contributed by atoms with E-state index in [1.807, 2.05) is 91.0 Å². The predicted molar refractivity (Wildman–Crippen MR) is 113 cm³/mol. The van der Waals surface area contributed by atoms with Gasteiger partial charge in [0.05, 0.1) is 18.5 Å². The molecule has 3 aromatic rings. The number of nitrogens with zero attached hydrogens (tertiary/aromatic N) is 2. The van der Waals surface area contributed by atoms with Gasteiger partial charge in [0, 0.05) is 5.56 Å². The van der Waals surface area contributed by atoms with Gasteiger partial charge in [0.25, 0.3) is 0 Å². The van der Waals surface area contributed by atoms with Gasteiger partial charge in [-0.3, -0.25) is 14.7 Å². The molecular weight excluding hydrogens is 344 g/mol. The lowest BCUT2D eigenvalue weighted by Crippen LogP contribution is -2.45. The quantitative estimate of drug-likeness (QED) is 0.584. The number of benzene rings is 3. The minimum Gasteiger partial charge on any atom is -0.292 e.